The highest BCUT2D eigenvalue weighted by atomic mass is 79.9. The highest BCUT2D eigenvalue weighted by Crippen LogP contribution is 2.22. The number of hydrogen-bond donors (Lipinski definition) is 2. The molecule has 4 nitrogen and oxygen atoms in total. The first-order valence-corrected chi connectivity index (χ1v) is 8.27. The van der Waals surface area contributed by atoms with Crippen LogP contribution in [-0.2, 0) is 4.79 Å². The van der Waals surface area contributed by atoms with Crippen molar-refractivity contribution in [3.05, 3.63) is 57.5 Å². The highest BCUT2D eigenvalue weighted by Gasteiger charge is 2.08. The van der Waals surface area contributed by atoms with Crippen molar-refractivity contribution in [2.75, 3.05) is 11.9 Å². The number of ether oxygens (including phenoxy) is 1. The van der Waals surface area contributed by atoms with E-state index in [4.69, 9.17) is 28.6 Å². The minimum Gasteiger partial charge on any atom is -0.483 e. The van der Waals surface area contributed by atoms with E-state index in [0.717, 1.165) is 10.0 Å². The fourth-order valence-corrected chi connectivity index (χ4v) is 2.71. The second-order valence-electron chi connectivity index (χ2n) is 4.71. The first-order valence-electron chi connectivity index (χ1n) is 6.69. The molecule has 0 fully saturated rings. The summed E-state index contributed by atoms with van der Waals surface area (Å²) in [6, 6.07) is 12.6. The van der Waals surface area contributed by atoms with Crippen LogP contribution in [0, 0.1) is 6.92 Å². The third-order valence-corrected chi connectivity index (χ3v) is 3.76. The molecule has 23 heavy (non-hydrogen) atoms. The lowest BCUT2D eigenvalue weighted by Gasteiger charge is -2.11. The van der Waals surface area contributed by atoms with E-state index in [2.05, 4.69) is 26.6 Å². The molecule has 0 spiro atoms. The lowest BCUT2D eigenvalue weighted by atomic mass is 10.2. The summed E-state index contributed by atoms with van der Waals surface area (Å²) in [5.74, 6) is 0.309. The Hall–Kier alpha value is -1.63. The molecule has 7 heteroatoms. The van der Waals surface area contributed by atoms with Gasteiger partial charge in [-0.3, -0.25) is 10.1 Å². The van der Waals surface area contributed by atoms with Crippen molar-refractivity contribution in [1.29, 1.82) is 0 Å². The molecule has 120 valence electrons. The smallest absolute Gasteiger partial charge is 0.264 e. The predicted octanol–water partition coefficient (Wildman–Crippen LogP) is 4.30. The summed E-state index contributed by atoms with van der Waals surface area (Å²) in [6.45, 7) is 1.78. The molecule has 0 aromatic heterocycles. The van der Waals surface area contributed by atoms with Gasteiger partial charge in [-0.05, 0) is 61.1 Å². The predicted molar refractivity (Wildman–Crippen MR) is 100 cm³/mol. The van der Waals surface area contributed by atoms with Crippen molar-refractivity contribution in [2.45, 2.75) is 6.92 Å². The van der Waals surface area contributed by atoms with Crippen LogP contribution in [0.2, 0.25) is 5.02 Å². The van der Waals surface area contributed by atoms with Crippen LogP contribution in [0.5, 0.6) is 5.75 Å². The molecule has 2 aromatic carbocycles. The third kappa shape index (κ3) is 5.82. The number of benzene rings is 2. The number of anilines is 1. The number of rotatable bonds is 4. The molecule has 0 aliphatic heterocycles. The van der Waals surface area contributed by atoms with Gasteiger partial charge in [-0.1, -0.05) is 33.6 Å². The zero-order valence-electron chi connectivity index (χ0n) is 12.2. The van der Waals surface area contributed by atoms with Gasteiger partial charge in [0.2, 0.25) is 0 Å². The summed E-state index contributed by atoms with van der Waals surface area (Å²) in [5.41, 5.74) is 1.64. The Morgan fingerprint density at radius 3 is 2.78 bits per heavy atom. The van der Waals surface area contributed by atoms with E-state index in [9.17, 15) is 4.79 Å². The number of halogens is 2. The van der Waals surface area contributed by atoms with E-state index >= 15 is 0 Å². The summed E-state index contributed by atoms with van der Waals surface area (Å²) in [4.78, 5) is 11.9. The van der Waals surface area contributed by atoms with Gasteiger partial charge in [0.05, 0.1) is 0 Å². The zero-order chi connectivity index (χ0) is 16.8. The number of nitrogens with one attached hydrogen (secondary N) is 2. The van der Waals surface area contributed by atoms with Crippen LogP contribution < -0.4 is 15.4 Å². The molecule has 2 N–H and O–H groups in total. The van der Waals surface area contributed by atoms with Crippen LogP contribution in [0.3, 0.4) is 0 Å². The van der Waals surface area contributed by atoms with Gasteiger partial charge in [0, 0.05) is 15.2 Å². The Balaban J connectivity index is 1.83. The molecule has 1 amide bonds. The average Bonchev–Trinajstić information content (AvgIpc) is 2.46. The number of thiocarbonyl (C=S) groups is 1. The summed E-state index contributed by atoms with van der Waals surface area (Å²) < 4.78 is 6.44. The molecule has 0 aliphatic rings. The maximum atomic E-state index is 11.9. The minimum absolute atomic E-state index is 0.125. The first-order chi connectivity index (χ1) is 10.9. The number of carbonyl (C=O) groups is 1. The van der Waals surface area contributed by atoms with Crippen LogP contribution in [0.4, 0.5) is 5.69 Å². The van der Waals surface area contributed by atoms with Crippen molar-refractivity contribution in [3.63, 3.8) is 0 Å². The van der Waals surface area contributed by atoms with Crippen molar-refractivity contribution < 1.29 is 9.53 Å². The number of carbonyl (C=O) groups excluding carboxylic acids is 1. The molecule has 0 heterocycles. The SMILES string of the molecule is Cc1cc(Br)ccc1OCC(=O)NC(=S)Nc1cccc(Cl)c1. The Morgan fingerprint density at radius 1 is 1.30 bits per heavy atom. The van der Waals surface area contributed by atoms with Crippen molar-refractivity contribution in [1.82, 2.24) is 5.32 Å². The second kappa shape index (κ2) is 8.29. The lowest BCUT2D eigenvalue weighted by molar-refractivity contribution is -0.121. The molecule has 0 bridgehead atoms. The van der Waals surface area contributed by atoms with Crippen molar-refractivity contribution >= 4 is 56.5 Å². The summed E-state index contributed by atoms with van der Waals surface area (Å²) >= 11 is 14.3. The lowest BCUT2D eigenvalue weighted by Crippen LogP contribution is -2.37. The van der Waals surface area contributed by atoms with E-state index < -0.39 is 0 Å². The van der Waals surface area contributed by atoms with Crippen molar-refractivity contribution in [3.8, 4) is 5.75 Å². The van der Waals surface area contributed by atoms with E-state index in [1.54, 1.807) is 30.3 Å². The summed E-state index contributed by atoms with van der Waals surface area (Å²) in [5, 5.41) is 6.21. The Bertz CT molecular complexity index is 740. The third-order valence-electron chi connectivity index (χ3n) is 2.83. The van der Waals surface area contributed by atoms with Gasteiger partial charge in [0.1, 0.15) is 5.75 Å². The minimum atomic E-state index is -0.341. The quantitative estimate of drug-likeness (QED) is 0.734. The number of aryl methyl sites for hydroxylation is 1. The van der Waals surface area contributed by atoms with Gasteiger partial charge in [0.15, 0.2) is 11.7 Å². The van der Waals surface area contributed by atoms with Crippen LogP contribution >= 0.6 is 39.7 Å². The average molecular weight is 414 g/mol. The highest BCUT2D eigenvalue weighted by molar-refractivity contribution is 9.10. The van der Waals surface area contributed by atoms with Gasteiger partial charge in [0.25, 0.3) is 5.91 Å². The largest absolute Gasteiger partial charge is 0.483 e. The molecule has 2 aromatic rings. The molecule has 0 unspecified atom stereocenters. The second-order valence-corrected chi connectivity index (χ2v) is 6.47. The standard InChI is InChI=1S/C16H14BrClN2O2S/c1-10-7-11(17)5-6-14(10)22-9-15(21)20-16(23)19-13-4-2-3-12(18)8-13/h2-8H,9H2,1H3,(H2,19,20,21,23). The molecule has 0 aliphatic carbocycles. The Kier molecular flexibility index (Phi) is 6.38. The van der Waals surface area contributed by atoms with E-state index in [1.807, 2.05) is 19.1 Å². The van der Waals surface area contributed by atoms with Crippen LogP contribution in [0.1, 0.15) is 5.56 Å². The monoisotopic (exact) mass is 412 g/mol. The van der Waals surface area contributed by atoms with Crippen molar-refractivity contribution in [2.24, 2.45) is 0 Å². The van der Waals surface area contributed by atoms with Crippen LogP contribution in [0.25, 0.3) is 0 Å². The molecular formula is C16H14BrClN2O2S. The normalized spacial score (nSPS) is 10.0. The zero-order valence-corrected chi connectivity index (χ0v) is 15.4. The Labute approximate surface area is 153 Å². The van der Waals surface area contributed by atoms with E-state index in [0.29, 0.717) is 16.5 Å². The first kappa shape index (κ1) is 17.7. The van der Waals surface area contributed by atoms with Gasteiger partial charge < -0.3 is 10.1 Å². The maximum absolute atomic E-state index is 11.9. The maximum Gasteiger partial charge on any atom is 0.264 e. The summed E-state index contributed by atoms with van der Waals surface area (Å²) in [7, 11) is 0. The molecule has 0 saturated heterocycles. The summed E-state index contributed by atoms with van der Waals surface area (Å²) in [6.07, 6.45) is 0. The van der Waals surface area contributed by atoms with Crippen LogP contribution in [0.15, 0.2) is 46.9 Å². The van der Waals surface area contributed by atoms with E-state index in [1.165, 1.54) is 0 Å². The fraction of sp³-hybridized carbons (Fsp3) is 0.125. The molecular weight excluding hydrogens is 400 g/mol. The van der Waals surface area contributed by atoms with E-state index in [-0.39, 0.29) is 17.6 Å². The fourth-order valence-electron chi connectivity index (χ4n) is 1.81. The molecule has 0 atom stereocenters. The molecule has 0 saturated carbocycles. The topological polar surface area (TPSA) is 50.4 Å². The van der Waals surface area contributed by atoms with Gasteiger partial charge >= 0.3 is 0 Å². The number of hydrogen-bond acceptors (Lipinski definition) is 3. The van der Waals surface area contributed by atoms with Gasteiger partial charge in [-0.15, -0.1) is 0 Å². The van der Waals surface area contributed by atoms with Crippen LogP contribution in [-0.4, -0.2) is 17.6 Å². The Morgan fingerprint density at radius 2 is 2.09 bits per heavy atom. The number of amides is 1. The molecule has 2 rings (SSSR count). The van der Waals surface area contributed by atoms with Gasteiger partial charge in [-0.2, -0.15) is 0 Å². The van der Waals surface area contributed by atoms with Gasteiger partial charge in [-0.25, -0.2) is 0 Å². The molecule has 0 radical (unpaired) electrons.